The van der Waals surface area contributed by atoms with Gasteiger partial charge in [-0.15, -0.1) is 0 Å². The van der Waals surface area contributed by atoms with E-state index in [1.807, 2.05) is 0 Å². The number of benzene rings is 1. The first-order valence-electron chi connectivity index (χ1n) is 5.63. The van der Waals surface area contributed by atoms with Crippen molar-refractivity contribution in [1.29, 1.82) is 0 Å². The van der Waals surface area contributed by atoms with Gasteiger partial charge in [-0.3, -0.25) is 0 Å². The molecule has 1 aromatic rings. The third-order valence-corrected chi connectivity index (χ3v) is 4.09. The predicted octanol–water partition coefficient (Wildman–Crippen LogP) is 3.22. The molecule has 1 saturated heterocycles. The van der Waals surface area contributed by atoms with Crippen molar-refractivity contribution in [2.24, 2.45) is 5.92 Å². The first-order chi connectivity index (χ1) is 7.16. The molecular weight excluding hydrogens is 250 g/mol. The van der Waals surface area contributed by atoms with Gasteiger partial charge in [0.1, 0.15) is 0 Å². The van der Waals surface area contributed by atoms with Gasteiger partial charge in [-0.2, -0.15) is 0 Å². The minimum absolute atomic E-state index is 0.831. The van der Waals surface area contributed by atoms with Crippen LogP contribution in [-0.2, 0) is 6.42 Å². The van der Waals surface area contributed by atoms with Crippen LogP contribution in [0.25, 0.3) is 0 Å². The van der Waals surface area contributed by atoms with E-state index < -0.39 is 0 Å². The average Bonchev–Trinajstić information content (AvgIpc) is 2.66. The molecule has 1 fully saturated rings. The topological polar surface area (TPSA) is 12.0 Å². The molecular formula is C13H18BrN. The number of hydrogen-bond donors (Lipinski definition) is 1. The highest BCUT2D eigenvalue weighted by atomic mass is 79.9. The zero-order chi connectivity index (χ0) is 10.8. The van der Waals surface area contributed by atoms with Crippen LogP contribution in [-0.4, -0.2) is 13.1 Å². The van der Waals surface area contributed by atoms with Gasteiger partial charge in [0, 0.05) is 4.47 Å². The van der Waals surface area contributed by atoms with Gasteiger partial charge in [-0.1, -0.05) is 22.0 Å². The molecule has 0 bridgehead atoms. The van der Waals surface area contributed by atoms with Gasteiger partial charge in [0.2, 0.25) is 0 Å². The molecule has 1 aliphatic heterocycles. The average molecular weight is 268 g/mol. The van der Waals surface area contributed by atoms with E-state index in [4.69, 9.17) is 0 Å². The Morgan fingerprint density at radius 2 is 2.20 bits per heavy atom. The first kappa shape index (κ1) is 11.2. The Hall–Kier alpha value is -0.340. The van der Waals surface area contributed by atoms with Crippen molar-refractivity contribution >= 4 is 15.9 Å². The van der Waals surface area contributed by atoms with Crippen molar-refractivity contribution in [1.82, 2.24) is 5.32 Å². The Balaban J connectivity index is 2.19. The monoisotopic (exact) mass is 267 g/mol. The lowest BCUT2D eigenvalue weighted by Crippen LogP contribution is -2.11. The molecule has 82 valence electrons. The minimum Gasteiger partial charge on any atom is -0.316 e. The van der Waals surface area contributed by atoms with E-state index in [1.54, 1.807) is 0 Å². The molecule has 1 unspecified atom stereocenters. The van der Waals surface area contributed by atoms with Crippen LogP contribution in [0.15, 0.2) is 16.6 Å². The van der Waals surface area contributed by atoms with Crippen molar-refractivity contribution < 1.29 is 0 Å². The van der Waals surface area contributed by atoms with Crippen molar-refractivity contribution in [3.05, 3.63) is 33.3 Å². The number of nitrogens with one attached hydrogen (secondary N) is 1. The highest BCUT2D eigenvalue weighted by Crippen LogP contribution is 2.25. The summed E-state index contributed by atoms with van der Waals surface area (Å²) in [6.45, 7) is 6.75. The van der Waals surface area contributed by atoms with E-state index in [1.165, 1.54) is 47.1 Å². The fraction of sp³-hybridized carbons (Fsp3) is 0.538. The predicted molar refractivity (Wildman–Crippen MR) is 68.3 cm³/mol. The Morgan fingerprint density at radius 3 is 2.87 bits per heavy atom. The molecule has 0 spiro atoms. The largest absolute Gasteiger partial charge is 0.316 e. The van der Waals surface area contributed by atoms with Gasteiger partial charge < -0.3 is 5.32 Å². The van der Waals surface area contributed by atoms with Crippen LogP contribution in [0.2, 0.25) is 0 Å². The number of hydrogen-bond acceptors (Lipinski definition) is 1. The molecule has 15 heavy (non-hydrogen) atoms. The number of aryl methyl sites for hydroxylation is 1. The molecule has 1 aliphatic rings. The van der Waals surface area contributed by atoms with Crippen LogP contribution in [0.4, 0.5) is 0 Å². The molecule has 1 aromatic carbocycles. The van der Waals surface area contributed by atoms with Crippen LogP contribution in [0.3, 0.4) is 0 Å². The normalized spacial score (nSPS) is 20.9. The fourth-order valence-corrected chi connectivity index (χ4v) is 2.91. The lowest BCUT2D eigenvalue weighted by Gasteiger charge is -2.13. The molecule has 1 heterocycles. The highest BCUT2D eigenvalue weighted by Gasteiger charge is 2.16. The van der Waals surface area contributed by atoms with Gasteiger partial charge >= 0.3 is 0 Å². The molecule has 1 nitrogen and oxygen atoms in total. The lowest BCUT2D eigenvalue weighted by atomic mass is 9.94. The third-order valence-electron chi connectivity index (χ3n) is 3.27. The third kappa shape index (κ3) is 2.61. The number of halogens is 1. The smallest absolute Gasteiger partial charge is 0.0209 e. The summed E-state index contributed by atoms with van der Waals surface area (Å²) >= 11 is 3.63. The molecule has 0 saturated carbocycles. The van der Waals surface area contributed by atoms with Gasteiger partial charge in [-0.05, 0) is 68.5 Å². The molecule has 0 aromatic heterocycles. The molecule has 0 radical (unpaired) electrons. The Kier molecular flexibility index (Phi) is 3.47. The van der Waals surface area contributed by atoms with Crippen LogP contribution < -0.4 is 5.32 Å². The molecule has 2 rings (SSSR count). The van der Waals surface area contributed by atoms with Gasteiger partial charge in [-0.25, -0.2) is 0 Å². The maximum atomic E-state index is 3.63. The summed E-state index contributed by atoms with van der Waals surface area (Å²) in [5, 5.41) is 3.43. The van der Waals surface area contributed by atoms with E-state index >= 15 is 0 Å². The van der Waals surface area contributed by atoms with Crippen molar-refractivity contribution in [2.75, 3.05) is 13.1 Å². The summed E-state index contributed by atoms with van der Waals surface area (Å²) < 4.78 is 1.25. The molecule has 2 heteroatoms. The molecule has 0 amide bonds. The SMILES string of the molecule is Cc1cc(Br)c(C)c(CC2CCNC2)c1. The van der Waals surface area contributed by atoms with Gasteiger partial charge in [0.25, 0.3) is 0 Å². The summed E-state index contributed by atoms with van der Waals surface area (Å²) in [7, 11) is 0. The van der Waals surface area contributed by atoms with E-state index in [2.05, 4.69) is 47.2 Å². The summed E-state index contributed by atoms with van der Waals surface area (Å²) in [6.07, 6.45) is 2.55. The Labute approximate surface area is 100 Å². The van der Waals surface area contributed by atoms with Crippen LogP contribution in [0.5, 0.6) is 0 Å². The summed E-state index contributed by atoms with van der Waals surface area (Å²) in [5.41, 5.74) is 4.27. The van der Waals surface area contributed by atoms with Crippen molar-refractivity contribution in [3.63, 3.8) is 0 Å². The summed E-state index contributed by atoms with van der Waals surface area (Å²) in [5.74, 6) is 0.831. The maximum Gasteiger partial charge on any atom is 0.0209 e. The molecule has 1 N–H and O–H groups in total. The minimum atomic E-state index is 0.831. The highest BCUT2D eigenvalue weighted by molar-refractivity contribution is 9.10. The van der Waals surface area contributed by atoms with E-state index in [9.17, 15) is 0 Å². The zero-order valence-corrected chi connectivity index (χ0v) is 11.0. The van der Waals surface area contributed by atoms with E-state index in [0.717, 1.165) is 5.92 Å². The van der Waals surface area contributed by atoms with Crippen molar-refractivity contribution in [2.45, 2.75) is 26.7 Å². The standard InChI is InChI=1S/C13H18BrN/c1-9-5-12(10(2)13(14)6-9)7-11-3-4-15-8-11/h5-6,11,15H,3-4,7-8H2,1-2H3. The van der Waals surface area contributed by atoms with Gasteiger partial charge in [0.05, 0.1) is 0 Å². The second kappa shape index (κ2) is 4.67. The quantitative estimate of drug-likeness (QED) is 0.868. The second-order valence-electron chi connectivity index (χ2n) is 4.59. The summed E-state index contributed by atoms with van der Waals surface area (Å²) in [4.78, 5) is 0. The van der Waals surface area contributed by atoms with Crippen molar-refractivity contribution in [3.8, 4) is 0 Å². The van der Waals surface area contributed by atoms with Gasteiger partial charge in [0.15, 0.2) is 0 Å². The Bertz CT molecular complexity index is 354. The summed E-state index contributed by atoms with van der Waals surface area (Å²) in [6, 6.07) is 4.53. The van der Waals surface area contributed by atoms with Crippen LogP contribution in [0, 0.1) is 19.8 Å². The van der Waals surface area contributed by atoms with Crippen LogP contribution in [0.1, 0.15) is 23.1 Å². The number of rotatable bonds is 2. The second-order valence-corrected chi connectivity index (χ2v) is 5.45. The Morgan fingerprint density at radius 1 is 1.40 bits per heavy atom. The zero-order valence-electron chi connectivity index (χ0n) is 9.44. The van der Waals surface area contributed by atoms with E-state index in [0.29, 0.717) is 0 Å². The van der Waals surface area contributed by atoms with E-state index in [-0.39, 0.29) is 0 Å². The fourth-order valence-electron chi connectivity index (χ4n) is 2.30. The first-order valence-corrected chi connectivity index (χ1v) is 6.42. The molecule has 1 atom stereocenters. The lowest BCUT2D eigenvalue weighted by molar-refractivity contribution is 0.578. The van der Waals surface area contributed by atoms with Crippen LogP contribution >= 0.6 is 15.9 Å². The maximum absolute atomic E-state index is 3.63. The molecule has 0 aliphatic carbocycles.